The Morgan fingerprint density at radius 1 is 1.33 bits per heavy atom. The highest BCUT2D eigenvalue weighted by molar-refractivity contribution is 14.1. The molecule has 0 radical (unpaired) electrons. The van der Waals surface area contributed by atoms with Gasteiger partial charge in [0.1, 0.15) is 3.70 Å². The predicted molar refractivity (Wildman–Crippen MR) is 73.0 cm³/mol. The Labute approximate surface area is 105 Å². The molecule has 0 spiro atoms. The summed E-state index contributed by atoms with van der Waals surface area (Å²) in [5, 5.41) is 0. The molecule has 2 N–H and O–H groups in total. The summed E-state index contributed by atoms with van der Waals surface area (Å²) in [6.07, 6.45) is 3.77. The summed E-state index contributed by atoms with van der Waals surface area (Å²) in [7, 11) is 2.13. The van der Waals surface area contributed by atoms with Crippen molar-refractivity contribution in [1.82, 2.24) is 9.80 Å². The summed E-state index contributed by atoms with van der Waals surface area (Å²) in [6.45, 7) is 7.56. The van der Waals surface area contributed by atoms with Crippen molar-refractivity contribution >= 4 is 29.3 Å². The molecular formula is C10H17IN4. The van der Waals surface area contributed by atoms with Crippen LogP contribution in [0.25, 0.3) is 0 Å². The average Bonchev–Trinajstić information content (AvgIpc) is 2.26. The minimum absolute atomic E-state index is 0.806. The van der Waals surface area contributed by atoms with E-state index in [0.717, 1.165) is 35.7 Å². The third-order valence-electron chi connectivity index (χ3n) is 2.41. The Morgan fingerprint density at radius 2 is 1.93 bits per heavy atom. The predicted octanol–water partition coefficient (Wildman–Crippen LogP) is 1.01. The van der Waals surface area contributed by atoms with Gasteiger partial charge in [-0.2, -0.15) is 0 Å². The lowest BCUT2D eigenvalue weighted by molar-refractivity contribution is 0.185. The highest BCUT2D eigenvalue weighted by Crippen LogP contribution is 2.08. The summed E-state index contributed by atoms with van der Waals surface area (Å²) in [5.74, 6) is 0.806. The van der Waals surface area contributed by atoms with Gasteiger partial charge in [0, 0.05) is 26.2 Å². The highest BCUT2D eigenvalue weighted by Gasteiger charge is 2.13. The fraction of sp³-hybridized carbons (Fsp3) is 0.500. The van der Waals surface area contributed by atoms with Crippen LogP contribution >= 0.6 is 22.6 Å². The molecule has 1 aliphatic rings. The zero-order valence-corrected chi connectivity index (χ0v) is 11.1. The molecule has 0 aromatic carbocycles. The van der Waals surface area contributed by atoms with Crippen molar-refractivity contribution in [1.29, 1.82) is 0 Å². The molecule has 0 aliphatic carbocycles. The van der Waals surface area contributed by atoms with Crippen molar-refractivity contribution < 1.29 is 0 Å². The Hall–Kier alpha value is -0.560. The van der Waals surface area contributed by atoms with Crippen LogP contribution in [0.2, 0.25) is 0 Å². The van der Waals surface area contributed by atoms with E-state index < -0.39 is 0 Å². The fourth-order valence-electron chi connectivity index (χ4n) is 1.38. The summed E-state index contributed by atoms with van der Waals surface area (Å²) in [6, 6.07) is 0. The molecule has 1 heterocycles. The van der Waals surface area contributed by atoms with E-state index in [2.05, 4.69) is 51.1 Å². The van der Waals surface area contributed by atoms with Crippen molar-refractivity contribution in [3.05, 3.63) is 21.7 Å². The molecule has 4 nitrogen and oxygen atoms in total. The number of rotatable bonds is 3. The molecule has 0 atom stereocenters. The average molecular weight is 320 g/mol. The number of aliphatic imine (C=N–C) groups is 1. The van der Waals surface area contributed by atoms with Crippen molar-refractivity contribution in [2.24, 2.45) is 10.7 Å². The molecule has 5 heteroatoms. The van der Waals surface area contributed by atoms with Gasteiger partial charge in [0.15, 0.2) is 0 Å². The second kappa shape index (κ2) is 6.12. The van der Waals surface area contributed by atoms with Gasteiger partial charge in [-0.15, -0.1) is 0 Å². The van der Waals surface area contributed by atoms with E-state index in [4.69, 9.17) is 5.73 Å². The number of nitrogens with zero attached hydrogens (tertiary/aromatic N) is 3. The third kappa shape index (κ3) is 4.21. The van der Waals surface area contributed by atoms with Gasteiger partial charge in [-0.1, -0.05) is 0 Å². The van der Waals surface area contributed by atoms with Crippen molar-refractivity contribution in [2.75, 3.05) is 33.2 Å². The van der Waals surface area contributed by atoms with Crippen LogP contribution in [0, 0.1) is 0 Å². The van der Waals surface area contributed by atoms with E-state index in [9.17, 15) is 0 Å². The first-order valence-corrected chi connectivity index (χ1v) is 5.94. The zero-order chi connectivity index (χ0) is 11.3. The monoisotopic (exact) mass is 320 g/mol. The van der Waals surface area contributed by atoms with Gasteiger partial charge < -0.3 is 15.5 Å². The molecule has 0 aromatic rings. The van der Waals surface area contributed by atoms with E-state index in [1.807, 2.05) is 12.2 Å². The van der Waals surface area contributed by atoms with Crippen molar-refractivity contribution in [3.8, 4) is 0 Å². The molecule has 1 rings (SSSR count). The fourth-order valence-corrected chi connectivity index (χ4v) is 1.56. The molecule has 1 aliphatic heterocycles. The molecule has 1 saturated heterocycles. The van der Waals surface area contributed by atoms with E-state index >= 15 is 0 Å². The van der Waals surface area contributed by atoms with Crippen LogP contribution in [0.5, 0.6) is 0 Å². The Balaban J connectivity index is 2.53. The van der Waals surface area contributed by atoms with Gasteiger partial charge in [0.05, 0.1) is 5.82 Å². The van der Waals surface area contributed by atoms with Crippen molar-refractivity contribution in [3.63, 3.8) is 0 Å². The van der Waals surface area contributed by atoms with Gasteiger partial charge >= 0.3 is 0 Å². The molecule has 1 fully saturated rings. The summed E-state index contributed by atoms with van der Waals surface area (Å²) in [5.41, 5.74) is 5.96. The topological polar surface area (TPSA) is 44.9 Å². The maximum absolute atomic E-state index is 5.96. The smallest absolute Gasteiger partial charge is 0.100 e. The molecule has 0 unspecified atom stereocenters. The van der Waals surface area contributed by atoms with Gasteiger partial charge in [-0.3, -0.25) is 4.99 Å². The van der Waals surface area contributed by atoms with Crippen LogP contribution in [0.15, 0.2) is 26.7 Å². The summed E-state index contributed by atoms with van der Waals surface area (Å²) in [4.78, 5) is 8.27. The normalized spacial score (nSPS) is 20.5. The second-order valence-electron chi connectivity index (χ2n) is 3.53. The minimum Gasteiger partial charge on any atom is -0.385 e. The standard InChI is InChI=1S/C10H17IN4/c1-13-9(11)3-4-10(12)15-7-5-14(2)6-8-15/h3-4H,1,5-8,12H2,2H3/b9-3-,10-4+. The molecule has 84 valence electrons. The Bertz CT molecular complexity index is 277. The van der Waals surface area contributed by atoms with Crippen LogP contribution in [-0.2, 0) is 0 Å². The number of hydrogen-bond acceptors (Lipinski definition) is 4. The van der Waals surface area contributed by atoms with Gasteiger partial charge in [-0.25, -0.2) is 0 Å². The van der Waals surface area contributed by atoms with Crippen LogP contribution in [0.3, 0.4) is 0 Å². The minimum atomic E-state index is 0.806. The van der Waals surface area contributed by atoms with Crippen LogP contribution in [-0.4, -0.2) is 49.7 Å². The lowest BCUT2D eigenvalue weighted by Crippen LogP contribution is -2.45. The number of likely N-dealkylation sites (N-methyl/N-ethyl adjacent to an activating group) is 1. The maximum Gasteiger partial charge on any atom is 0.100 e. The molecule has 0 saturated carbocycles. The first-order chi connectivity index (χ1) is 7.13. The van der Waals surface area contributed by atoms with Crippen LogP contribution < -0.4 is 5.73 Å². The Morgan fingerprint density at radius 3 is 2.47 bits per heavy atom. The van der Waals surface area contributed by atoms with Crippen LogP contribution in [0.4, 0.5) is 0 Å². The molecule has 0 amide bonds. The molecule has 15 heavy (non-hydrogen) atoms. The zero-order valence-electron chi connectivity index (χ0n) is 8.99. The Kier molecular flexibility index (Phi) is 5.10. The summed E-state index contributed by atoms with van der Waals surface area (Å²) < 4.78 is 0.852. The van der Waals surface area contributed by atoms with E-state index in [1.165, 1.54) is 0 Å². The second-order valence-corrected chi connectivity index (χ2v) is 4.63. The van der Waals surface area contributed by atoms with Gasteiger partial charge in [0.2, 0.25) is 0 Å². The van der Waals surface area contributed by atoms with E-state index in [0.29, 0.717) is 0 Å². The lowest BCUT2D eigenvalue weighted by Gasteiger charge is -2.33. The number of allylic oxidation sites excluding steroid dienone is 2. The maximum atomic E-state index is 5.96. The quantitative estimate of drug-likeness (QED) is 0.365. The molecular weight excluding hydrogens is 303 g/mol. The van der Waals surface area contributed by atoms with Gasteiger partial charge in [-0.05, 0) is 48.5 Å². The SMILES string of the molecule is C=N/C(I)=C\C=C(/N)N1CCN(C)CC1. The number of piperazine rings is 1. The molecule has 0 bridgehead atoms. The largest absolute Gasteiger partial charge is 0.385 e. The highest BCUT2D eigenvalue weighted by atomic mass is 127. The van der Waals surface area contributed by atoms with E-state index in [-0.39, 0.29) is 0 Å². The first-order valence-electron chi connectivity index (χ1n) is 4.86. The van der Waals surface area contributed by atoms with Gasteiger partial charge in [0.25, 0.3) is 0 Å². The number of hydrogen-bond donors (Lipinski definition) is 1. The lowest BCUT2D eigenvalue weighted by atomic mass is 10.3. The molecule has 0 aromatic heterocycles. The van der Waals surface area contributed by atoms with Crippen molar-refractivity contribution in [2.45, 2.75) is 0 Å². The first kappa shape index (κ1) is 12.5. The number of halogens is 1. The van der Waals surface area contributed by atoms with E-state index in [1.54, 1.807) is 0 Å². The third-order valence-corrected chi connectivity index (χ3v) is 3.11. The van der Waals surface area contributed by atoms with Crippen LogP contribution in [0.1, 0.15) is 0 Å². The number of nitrogens with two attached hydrogens (primary N) is 1. The summed E-state index contributed by atoms with van der Waals surface area (Å²) >= 11 is 2.12.